The van der Waals surface area contributed by atoms with Gasteiger partial charge in [0.05, 0.1) is 17.8 Å². The van der Waals surface area contributed by atoms with Crippen molar-refractivity contribution < 1.29 is 18.3 Å². The van der Waals surface area contributed by atoms with E-state index in [-0.39, 0.29) is 12.2 Å². The zero-order valence-electron chi connectivity index (χ0n) is 17.3. The number of anilines is 1. The van der Waals surface area contributed by atoms with Crippen molar-refractivity contribution in [1.29, 1.82) is 0 Å². The van der Waals surface area contributed by atoms with E-state index in [1.807, 2.05) is 23.9 Å². The third-order valence-corrected chi connectivity index (χ3v) is 5.77. The van der Waals surface area contributed by atoms with Crippen LogP contribution in [0.5, 0.6) is 5.75 Å². The Morgan fingerprint density at radius 3 is 2.69 bits per heavy atom. The van der Waals surface area contributed by atoms with Crippen molar-refractivity contribution >= 4 is 16.9 Å². The second kappa shape index (κ2) is 7.54. The molecule has 1 aliphatic heterocycles. The third kappa shape index (κ3) is 3.55. The van der Waals surface area contributed by atoms with Crippen LogP contribution in [0.15, 0.2) is 48.8 Å². The minimum Gasteiger partial charge on any atom is -0.506 e. The van der Waals surface area contributed by atoms with E-state index in [4.69, 9.17) is 0 Å². The van der Waals surface area contributed by atoms with Crippen LogP contribution >= 0.6 is 0 Å². The van der Waals surface area contributed by atoms with Gasteiger partial charge in [-0.25, -0.2) is 9.97 Å². The molecular formula is C22H21F3N6O. The number of hydrogen-bond acceptors (Lipinski definition) is 5. The third-order valence-electron chi connectivity index (χ3n) is 5.77. The molecule has 1 N–H and O–H groups in total. The number of para-hydroxylation sites is 1. The second-order valence-electron chi connectivity index (χ2n) is 7.95. The molecule has 0 aliphatic carbocycles. The zero-order valence-corrected chi connectivity index (χ0v) is 17.3. The molecule has 3 aromatic heterocycles. The molecule has 1 fully saturated rings. The van der Waals surface area contributed by atoms with Crippen LogP contribution < -0.4 is 4.90 Å². The predicted molar refractivity (Wildman–Crippen MR) is 113 cm³/mol. The van der Waals surface area contributed by atoms with Crippen molar-refractivity contribution in [1.82, 2.24) is 24.3 Å². The summed E-state index contributed by atoms with van der Waals surface area (Å²) in [5, 5.41) is 14.9. The molecular weight excluding hydrogens is 421 g/mol. The fraction of sp³-hybridized carbons (Fsp3) is 0.318. The van der Waals surface area contributed by atoms with Crippen molar-refractivity contribution in [3.8, 4) is 17.1 Å². The number of alkyl halides is 3. The Labute approximate surface area is 181 Å². The van der Waals surface area contributed by atoms with Gasteiger partial charge in [0.2, 0.25) is 0 Å². The molecule has 1 aromatic carbocycles. The van der Waals surface area contributed by atoms with Gasteiger partial charge in [0.15, 0.2) is 0 Å². The lowest BCUT2D eigenvalue weighted by molar-refractivity contribution is -0.146. The quantitative estimate of drug-likeness (QED) is 0.515. The first kappa shape index (κ1) is 20.3. The number of rotatable bonds is 4. The van der Waals surface area contributed by atoms with Gasteiger partial charge < -0.3 is 14.6 Å². The molecule has 4 aromatic rings. The summed E-state index contributed by atoms with van der Waals surface area (Å²) in [4.78, 5) is 10.3. The minimum absolute atomic E-state index is 0.0755. The largest absolute Gasteiger partial charge is 0.506 e. The van der Waals surface area contributed by atoms with E-state index in [0.717, 1.165) is 5.69 Å². The first-order chi connectivity index (χ1) is 15.3. The zero-order chi connectivity index (χ0) is 22.5. The van der Waals surface area contributed by atoms with E-state index >= 15 is 0 Å². The summed E-state index contributed by atoms with van der Waals surface area (Å²) in [6.45, 7) is 0.691. The fourth-order valence-electron chi connectivity index (χ4n) is 4.32. The first-order valence-corrected chi connectivity index (χ1v) is 10.3. The topological polar surface area (TPSA) is 72.0 Å². The Kier molecular flexibility index (Phi) is 4.79. The molecule has 5 rings (SSSR count). The molecule has 7 nitrogen and oxygen atoms in total. The molecule has 4 heterocycles. The Morgan fingerprint density at radius 1 is 1.16 bits per heavy atom. The number of pyridine rings is 1. The average molecular weight is 442 g/mol. The number of benzene rings is 1. The van der Waals surface area contributed by atoms with E-state index in [1.165, 1.54) is 11.1 Å². The molecule has 32 heavy (non-hydrogen) atoms. The maximum atomic E-state index is 13.3. The lowest BCUT2D eigenvalue weighted by Gasteiger charge is -2.27. The standard InChI is InChI=1S/C22H21F3N6O/c1-29-11-9-15(28-29)13-31-20-16(4-2-5-17(20)32)27-21(31)14-7-8-19(26-12-14)30-10-3-6-18(30)22(23,24)25/h2,4-5,7-9,11-12,18,32H,3,6,10,13H2,1H3/t18-/m1/s1. The average Bonchev–Trinajstić information content (AvgIpc) is 3.47. The lowest BCUT2D eigenvalue weighted by atomic mass is 10.2. The molecule has 0 saturated carbocycles. The summed E-state index contributed by atoms with van der Waals surface area (Å²) in [6, 6.07) is 8.80. The van der Waals surface area contributed by atoms with E-state index in [1.54, 1.807) is 35.0 Å². The van der Waals surface area contributed by atoms with E-state index in [9.17, 15) is 18.3 Å². The van der Waals surface area contributed by atoms with Crippen LogP contribution in [0.2, 0.25) is 0 Å². The molecule has 166 valence electrons. The molecule has 0 radical (unpaired) electrons. The monoisotopic (exact) mass is 442 g/mol. The van der Waals surface area contributed by atoms with Crippen LogP contribution in [-0.4, -0.2) is 48.2 Å². The van der Waals surface area contributed by atoms with Crippen molar-refractivity contribution in [3.05, 3.63) is 54.5 Å². The highest BCUT2D eigenvalue weighted by atomic mass is 19.4. The SMILES string of the molecule is Cn1ccc(Cn2c(-c3ccc(N4CCC[C@@H]4C(F)(F)F)nc3)nc3cccc(O)c32)n1. The number of halogens is 3. The van der Waals surface area contributed by atoms with Gasteiger partial charge in [-0.3, -0.25) is 4.68 Å². The highest BCUT2D eigenvalue weighted by Gasteiger charge is 2.46. The van der Waals surface area contributed by atoms with Crippen molar-refractivity contribution in [2.45, 2.75) is 31.6 Å². The Morgan fingerprint density at radius 2 is 2.00 bits per heavy atom. The number of hydrogen-bond donors (Lipinski definition) is 1. The van der Waals surface area contributed by atoms with Crippen LogP contribution in [0.3, 0.4) is 0 Å². The predicted octanol–water partition coefficient (Wildman–Crippen LogP) is 4.12. The number of fused-ring (bicyclic) bond motifs is 1. The summed E-state index contributed by atoms with van der Waals surface area (Å²) >= 11 is 0. The highest BCUT2D eigenvalue weighted by Crippen LogP contribution is 2.36. The van der Waals surface area contributed by atoms with Gasteiger partial charge in [-0.1, -0.05) is 6.07 Å². The number of aromatic hydroxyl groups is 1. The minimum atomic E-state index is -4.29. The van der Waals surface area contributed by atoms with Crippen LogP contribution in [0.1, 0.15) is 18.5 Å². The maximum absolute atomic E-state index is 13.3. The van der Waals surface area contributed by atoms with Crippen molar-refractivity contribution in [2.75, 3.05) is 11.4 Å². The number of imidazole rings is 1. The van der Waals surface area contributed by atoms with E-state index < -0.39 is 12.2 Å². The van der Waals surface area contributed by atoms with E-state index in [2.05, 4.69) is 15.1 Å². The molecule has 0 spiro atoms. The van der Waals surface area contributed by atoms with Crippen molar-refractivity contribution in [3.63, 3.8) is 0 Å². The Bertz CT molecular complexity index is 1260. The van der Waals surface area contributed by atoms with Gasteiger partial charge in [0, 0.05) is 31.5 Å². The lowest BCUT2D eigenvalue weighted by Crippen LogP contribution is -2.41. The van der Waals surface area contributed by atoms with Gasteiger partial charge in [0.1, 0.15) is 29.0 Å². The van der Waals surface area contributed by atoms with Crippen LogP contribution in [0.25, 0.3) is 22.4 Å². The second-order valence-corrected chi connectivity index (χ2v) is 7.95. The summed E-state index contributed by atoms with van der Waals surface area (Å²) in [5.41, 5.74) is 2.60. The number of nitrogens with zero attached hydrogens (tertiary/aromatic N) is 6. The number of aromatic nitrogens is 5. The normalized spacial score (nSPS) is 16.9. The van der Waals surface area contributed by atoms with Gasteiger partial charge in [-0.05, 0) is 43.2 Å². The number of phenols is 1. The van der Waals surface area contributed by atoms with Gasteiger partial charge in [-0.15, -0.1) is 0 Å². The molecule has 1 aliphatic rings. The Balaban J connectivity index is 1.54. The molecule has 0 bridgehead atoms. The van der Waals surface area contributed by atoms with Gasteiger partial charge in [0.25, 0.3) is 0 Å². The number of aryl methyl sites for hydroxylation is 1. The maximum Gasteiger partial charge on any atom is 0.408 e. The first-order valence-electron chi connectivity index (χ1n) is 10.3. The van der Waals surface area contributed by atoms with Crippen LogP contribution in [0.4, 0.5) is 19.0 Å². The smallest absolute Gasteiger partial charge is 0.408 e. The van der Waals surface area contributed by atoms with Crippen LogP contribution in [-0.2, 0) is 13.6 Å². The number of phenolic OH excluding ortho intramolecular Hbond substituents is 1. The fourth-order valence-corrected chi connectivity index (χ4v) is 4.32. The van der Waals surface area contributed by atoms with Crippen molar-refractivity contribution in [2.24, 2.45) is 7.05 Å². The van der Waals surface area contributed by atoms with E-state index in [0.29, 0.717) is 47.7 Å². The van der Waals surface area contributed by atoms with Gasteiger partial charge in [-0.2, -0.15) is 18.3 Å². The van der Waals surface area contributed by atoms with Gasteiger partial charge >= 0.3 is 6.18 Å². The molecule has 0 unspecified atom stereocenters. The summed E-state index contributed by atoms with van der Waals surface area (Å²) in [7, 11) is 1.82. The molecule has 10 heteroatoms. The molecule has 0 amide bonds. The summed E-state index contributed by atoms with van der Waals surface area (Å²) in [6.07, 6.45) is -0.365. The Hall–Kier alpha value is -3.56. The summed E-state index contributed by atoms with van der Waals surface area (Å²) < 4.78 is 43.6. The molecule has 1 atom stereocenters. The highest BCUT2D eigenvalue weighted by molar-refractivity contribution is 5.85. The van der Waals surface area contributed by atoms with Crippen LogP contribution in [0, 0.1) is 0 Å². The summed E-state index contributed by atoms with van der Waals surface area (Å²) in [5.74, 6) is 0.940. The molecule has 1 saturated heterocycles.